The number of fused-ring (bicyclic) bond motifs is 9. The largest absolute Gasteiger partial charge is 0.456 e. The molecule has 1 unspecified atom stereocenters. The molecule has 1 aromatic heterocycles. The Morgan fingerprint density at radius 2 is 1.18 bits per heavy atom. The minimum atomic E-state index is -0.111. The van der Waals surface area contributed by atoms with E-state index in [1.165, 1.54) is 71.3 Å². The normalized spacial score (nSPS) is 15.4. The Labute approximate surface area is 379 Å². The van der Waals surface area contributed by atoms with Gasteiger partial charge in [-0.1, -0.05) is 178 Å². The third kappa shape index (κ3) is 5.94. The molecule has 0 saturated heterocycles. The topological polar surface area (TPSA) is 16.4 Å². The first-order valence-electron chi connectivity index (χ1n) is 22.9. The second-order valence-corrected chi connectivity index (χ2v) is 18.4. The number of benzene rings is 9. The summed E-state index contributed by atoms with van der Waals surface area (Å²) < 4.78 is 6.61. The molecule has 0 radical (unpaired) electrons. The number of hydrogen-bond acceptors (Lipinski definition) is 2. The third-order valence-electron chi connectivity index (χ3n) is 14.4. The summed E-state index contributed by atoms with van der Waals surface area (Å²) in [4.78, 5) is 2.43. The zero-order valence-corrected chi connectivity index (χ0v) is 36.4. The number of furan rings is 1. The van der Waals surface area contributed by atoms with Crippen LogP contribution in [0.1, 0.15) is 31.4 Å². The maximum Gasteiger partial charge on any atom is 0.136 e. The van der Waals surface area contributed by atoms with Gasteiger partial charge >= 0.3 is 0 Å². The zero-order chi connectivity index (χ0) is 43.2. The van der Waals surface area contributed by atoms with Crippen LogP contribution in [0.25, 0.3) is 88.9 Å². The minimum absolute atomic E-state index is 0.111. The summed E-state index contributed by atoms with van der Waals surface area (Å²) in [6, 6.07) is 69.3. The molecule has 10 aromatic rings. The Morgan fingerprint density at radius 1 is 0.523 bits per heavy atom. The molecule has 1 heterocycles. The van der Waals surface area contributed by atoms with Crippen molar-refractivity contribution in [3.05, 3.63) is 234 Å². The predicted molar refractivity (Wildman–Crippen MR) is 273 cm³/mol. The van der Waals surface area contributed by atoms with Crippen LogP contribution in [0.4, 0.5) is 17.1 Å². The summed E-state index contributed by atoms with van der Waals surface area (Å²) in [7, 11) is 0. The highest BCUT2D eigenvalue weighted by Gasteiger charge is 2.37. The van der Waals surface area contributed by atoms with E-state index in [2.05, 4.69) is 237 Å². The maximum atomic E-state index is 6.61. The van der Waals surface area contributed by atoms with Crippen molar-refractivity contribution in [1.29, 1.82) is 0 Å². The van der Waals surface area contributed by atoms with Crippen molar-refractivity contribution in [3.63, 3.8) is 0 Å². The molecule has 0 fully saturated rings. The van der Waals surface area contributed by atoms with E-state index in [-0.39, 0.29) is 5.41 Å². The monoisotopic (exact) mass is 831 g/mol. The summed E-state index contributed by atoms with van der Waals surface area (Å²) in [5.74, 6) is 0.470. The van der Waals surface area contributed by atoms with Gasteiger partial charge in [0.1, 0.15) is 11.2 Å². The molecular formula is C63H45NO. The first kappa shape index (κ1) is 37.6. The van der Waals surface area contributed by atoms with Gasteiger partial charge in [-0.05, 0) is 138 Å². The number of nitrogens with zero attached hydrogens (tertiary/aromatic N) is 1. The predicted octanol–water partition coefficient (Wildman–Crippen LogP) is 15.6. The SMILES string of the molecule is CC1(C)c2ccccc2-c2cccc(-c3ccc(N(c4ccc(-c5ccc6c(c5)=CCC5C=CC=CC=65)cc4)c4ccccc4-c4cccc5oc6cc7ccccc7cc6c45)cc3)c21. The van der Waals surface area contributed by atoms with Crippen molar-refractivity contribution < 1.29 is 4.42 Å². The standard InChI is InChI=1S/C63H45NO/c1-63(2)57-22-9-7-17-52(57)55-21-11-19-51(62(55)63)42-29-34-48(35-30-42)64(47-32-27-40(28-33-47)45-31-36-50-46(37-45)26-25-41-13-5-6-16-49(41)50)58-23-10-8-18-53(58)54-20-12-24-59-61(54)56-38-43-14-3-4-15-44(43)39-60(56)65-59/h3-24,26-39,41H,25H2,1-2H3. The number of rotatable bonds is 6. The number of para-hydroxylation sites is 1. The van der Waals surface area contributed by atoms with Crippen molar-refractivity contribution in [2.75, 3.05) is 4.90 Å². The van der Waals surface area contributed by atoms with E-state index in [1.54, 1.807) is 0 Å². The first-order chi connectivity index (χ1) is 32.0. The number of anilines is 3. The third-order valence-corrected chi connectivity index (χ3v) is 14.4. The fourth-order valence-electron chi connectivity index (χ4n) is 11.2. The molecule has 1 atom stereocenters. The lowest BCUT2D eigenvalue weighted by atomic mass is 9.79. The lowest BCUT2D eigenvalue weighted by Gasteiger charge is -2.29. The molecule has 3 aliphatic rings. The maximum absolute atomic E-state index is 6.61. The molecule has 9 aromatic carbocycles. The van der Waals surface area contributed by atoms with Gasteiger partial charge < -0.3 is 9.32 Å². The summed E-state index contributed by atoms with van der Waals surface area (Å²) in [6.07, 6.45) is 12.4. The number of hydrogen-bond donors (Lipinski definition) is 0. The lowest BCUT2D eigenvalue weighted by molar-refractivity contribution is 0.662. The quantitative estimate of drug-likeness (QED) is 0.166. The zero-order valence-electron chi connectivity index (χ0n) is 36.4. The van der Waals surface area contributed by atoms with Crippen LogP contribution in [0.5, 0.6) is 0 Å². The summed E-state index contributed by atoms with van der Waals surface area (Å²) in [5, 5.41) is 7.28. The van der Waals surface area contributed by atoms with Crippen LogP contribution < -0.4 is 15.3 Å². The fourth-order valence-corrected chi connectivity index (χ4v) is 11.2. The molecular weight excluding hydrogens is 787 g/mol. The smallest absolute Gasteiger partial charge is 0.136 e. The van der Waals surface area contributed by atoms with Crippen LogP contribution in [0.2, 0.25) is 0 Å². The van der Waals surface area contributed by atoms with Gasteiger partial charge in [0.25, 0.3) is 0 Å². The van der Waals surface area contributed by atoms with Crippen molar-refractivity contribution in [2.24, 2.45) is 5.92 Å². The van der Waals surface area contributed by atoms with Crippen LogP contribution >= 0.6 is 0 Å². The highest BCUT2D eigenvalue weighted by molar-refractivity contribution is 6.16. The van der Waals surface area contributed by atoms with E-state index in [4.69, 9.17) is 4.42 Å². The van der Waals surface area contributed by atoms with E-state index in [1.807, 2.05) is 0 Å². The van der Waals surface area contributed by atoms with Gasteiger partial charge in [0, 0.05) is 39.0 Å². The molecule has 0 aliphatic heterocycles. The van der Waals surface area contributed by atoms with E-state index in [0.717, 1.165) is 56.5 Å². The summed E-state index contributed by atoms with van der Waals surface area (Å²) in [5.41, 5.74) is 19.0. The van der Waals surface area contributed by atoms with E-state index in [9.17, 15) is 0 Å². The van der Waals surface area contributed by atoms with E-state index < -0.39 is 0 Å². The average Bonchev–Trinajstić information content (AvgIpc) is 3.84. The molecule has 3 aliphatic carbocycles. The lowest BCUT2D eigenvalue weighted by Crippen LogP contribution is -2.32. The molecule has 2 heteroatoms. The van der Waals surface area contributed by atoms with Crippen LogP contribution in [0, 0.1) is 5.92 Å². The highest BCUT2D eigenvalue weighted by atomic mass is 16.3. The van der Waals surface area contributed by atoms with Gasteiger partial charge in [0.05, 0.1) is 5.69 Å². The Morgan fingerprint density at radius 3 is 2.02 bits per heavy atom. The Hall–Kier alpha value is -7.94. The average molecular weight is 832 g/mol. The fraction of sp³-hybridized carbons (Fsp3) is 0.0794. The Balaban J connectivity index is 0.959. The minimum Gasteiger partial charge on any atom is -0.456 e. The molecule has 65 heavy (non-hydrogen) atoms. The summed E-state index contributed by atoms with van der Waals surface area (Å²) in [6.45, 7) is 4.74. The second kappa shape index (κ2) is 14.6. The molecule has 13 rings (SSSR count). The van der Waals surface area contributed by atoms with Gasteiger partial charge in [0.2, 0.25) is 0 Å². The summed E-state index contributed by atoms with van der Waals surface area (Å²) >= 11 is 0. The van der Waals surface area contributed by atoms with Crippen LogP contribution in [0.15, 0.2) is 217 Å². The van der Waals surface area contributed by atoms with E-state index in [0.29, 0.717) is 5.92 Å². The number of allylic oxidation sites excluding steroid dienone is 4. The van der Waals surface area contributed by atoms with Crippen molar-refractivity contribution in [1.82, 2.24) is 0 Å². The van der Waals surface area contributed by atoms with Crippen LogP contribution in [-0.4, -0.2) is 0 Å². The molecule has 0 amide bonds. The van der Waals surface area contributed by atoms with Crippen LogP contribution in [-0.2, 0) is 5.41 Å². The van der Waals surface area contributed by atoms with Crippen molar-refractivity contribution >= 4 is 61.4 Å². The first-order valence-corrected chi connectivity index (χ1v) is 22.9. The Kier molecular flexibility index (Phi) is 8.42. The molecule has 0 N–H and O–H groups in total. The van der Waals surface area contributed by atoms with Crippen molar-refractivity contribution in [3.8, 4) is 44.5 Å². The van der Waals surface area contributed by atoms with E-state index >= 15 is 0 Å². The molecule has 2 nitrogen and oxygen atoms in total. The molecule has 0 saturated carbocycles. The van der Waals surface area contributed by atoms with Gasteiger partial charge in [0.15, 0.2) is 0 Å². The van der Waals surface area contributed by atoms with Crippen molar-refractivity contribution in [2.45, 2.75) is 25.7 Å². The van der Waals surface area contributed by atoms with Gasteiger partial charge in [-0.2, -0.15) is 0 Å². The van der Waals surface area contributed by atoms with Gasteiger partial charge in [-0.25, -0.2) is 0 Å². The Bertz CT molecular complexity index is 3770. The highest BCUT2D eigenvalue weighted by Crippen LogP contribution is 2.52. The molecule has 308 valence electrons. The van der Waals surface area contributed by atoms with Gasteiger partial charge in [-0.3, -0.25) is 0 Å². The molecule has 0 bridgehead atoms. The van der Waals surface area contributed by atoms with Crippen LogP contribution in [0.3, 0.4) is 0 Å². The molecule has 0 spiro atoms. The van der Waals surface area contributed by atoms with Gasteiger partial charge in [-0.15, -0.1) is 0 Å². The second-order valence-electron chi connectivity index (χ2n) is 18.4.